The second kappa shape index (κ2) is 6.64. The van der Waals surface area contributed by atoms with E-state index in [1.807, 2.05) is 55.5 Å². The highest BCUT2D eigenvalue weighted by atomic mass is 79.9. The zero-order valence-corrected chi connectivity index (χ0v) is 15.2. The number of amides is 1. The molecular formula is C18H15BrN2OS. The zero-order chi connectivity index (χ0) is 16.4. The largest absolute Gasteiger partial charge is 0.322 e. The maximum atomic E-state index is 12.3. The molecule has 3 rings (SSSR count). The lowest BCUT2D eigenvalue weighted by molar-refractivity contribution is 0.102. The Morgan fingerprint density at radius 2 is 1.87 bits per heavy atom. The molecule has 0 aliphatic heterocycles. The van der Waals surface area contributed by atoms with Crippen LogP contribution in [0.25, 0.3) is 11.3 Å². The zero-order valence-electron chi connectivity index (χ0n) is 12.8. The minimum atomic E-state index is -0.124. The number of hydrogen-bond acceptors (Lipinski definition) is 3. The summed E-state index contributed by atoms with van der Waals surface area (Å²) < 4.78 is 0.931. The monoisotopic (exact) mass is 386 g/mol. The normalized spacial score (nSPS) is 10.6. The number of carbonyl (C=O) groups is 1. The van der Waals surface area contributed by atoms with Crippen molar-refractivity contribution in [2.24, 2.45) is 0 Å². The Bertz CT molecular complexity index is 856. The van der Waals surface area contributed by atoms with Gasteiger partial charge in [-0.2, -0.15) is 0 Å². The third kappa shape index (κ3) is 3.68. The SMILES string of the molecule is Cc1nc(-c2ccc(C(=O)Nc3cccc(Br)c3)cc2)c(C)s1. The van der Waals surface area contributed by atoms with Crippen molar-refractivity contribution in [3.8, 4) is 11.3 Å². The molecule has 0 radical (unpaired) electrons. The van der Waals surface area contributed by atoms with Crippen molar-refractivity contribution in [3.63, 3.8) is 0 Å². The summed E-state index contributed by atoms with van der Waals surface area (Å²) in [6, 6.07) is 15.1. The molecule has 116 valence electrons. The molecule has 0 aliphatic carbocycles. The molecule has 1 N–H and O–H groups in total. The number of halogens is 1. The van der Waals surface area contributed by atoms with Gasteiger partial charge >= 0.3 is 0 Å². The number of aryl methyl sites for hydroxylation is 2. The van der Waals surface area contributed by atoms with E-state index in [1.165, 1.54) is 4.88 Å². The number of rotatable bonds is 3. The van der Waals surface area contributed by atoms with Crippen molar-refractivity contribution in [1.82, 2.24) is 4.98 Å². The lowest BCUT2D eigenvalue weighted by Crippen LogP contribution is -2.11. The summed E-state index contributed by atoms with van der Waals surface area (Å²) in [6.45, 7) is 4.06. The van der Waals surface area contributed by atoms with Crippen LogP contribution in [0.4, 0.5) is 5.69 Å². The molecule has 1 amide bonds. The Morgan fingerprint density at radius 3 is 2.48 bits per heavy atom. The topological polar surface area (TPSA) is 42.0 Å². The maximum absolute atomic E-state index is 12.3. The van der Waals surface area contributed by atoms with Crippen molar-refractivity contribution in [1.29, 1.82) is 0 Å². The molecule has 2 aromatic carbocycles. The molecule has 5 heteroatoms. The predicted octanol–water partition coefficient (Wildman–Crippen LogP) is 5.44. The van der Waals surface area contributed by atoms with Crippen molar-refractivity contribution < 1.29 is 4.79 Å². The van der Waals surface area contributed by atoms with Crippen LogP contribution in [-0.4, -0.2) is 10.9 Å². The van der Waals surface area contributed by atoms with Gasteiger partial charge in [-0.25, -0.2) is 4.98 Å². The van der Waals surface area contributed by atoms with Crippen LogP contribution in [-0.2, 0) is 0 Å². The molecule has 0 fully saturated rings. The van der Waals surface area contributed by atoms with E-state index in [0.29, 0.717) is 5.56 Å². The van der Waals surface area contributed by atoms with Crippen LogP contribution >= 0.6 is 27.3 Å². The standard InChI is InChI=1S/C18H15BrN2OS/c1-11-17(20-12(2)23-11)13-6-8-14(9-7-13)18(22)21-16-5-3-4-15(19)10-16/h3-10H,1-2H3,(H,21,22). The molecule has 23 heavy (non-hydrogen) atoms. The number of thiazole rings is 1. The molecule has 0 saturated heterocycles. The molecule has 3 aromatic rings. The van der Waals surface area contributed by atoms with Gasteiger partial charge in [0.25, 0.3) is 5.91 Å². The summed E-state index contributed by atoms with van der Waals surface area (Å²) in [7, 11) is 0. The molecule has 0 spiro atoms. The first kappa shape index (κ1) is 15.9. The van der Waals surface area contributed by atoms with E-state index in [2.05, 4.69) is 33.2 Å². The average Bonchev–Trinajstić information content (AvgIpc) is 2.86. The van der Waals surface area contributed by atoms with E-state index >= 15 is 0 Å². The molecule has 0 bridgehead atoms. The number of aromatic nitrogens is 1. The lowest BCUT2D eigenvalue weighted by Gasteiger charge is -2.06. The minimum Gasteiger partial charge on any atom is -0.322 e. The molecule has 0 unspecified atom stereocenters. The predicted molar refractivity (Wildman–Crippen MR) is 99.1 cm³/mol. The summed E-state index contributed by atoms with van der Waals surface area (Å²) in [4.78, 5) is 18.0. The third-order valence-electron chi connectivity index (χ3n) is 3.41. The Labute approximate surface area is 147 Å². The molecular weight excluding hydrogens is 372 g/mol. The fourth-order valence-electron chi connectivity index (χ4n) is 2.35. The minimum absolute atomic E-state index is 0.124. The number of nitrogens with one attached hydrogen (secondary N) is 1. The van der Waals surface area contributed by atoms with Crippen molar-refractivity contribution in [2.45, 2.75) is 13.8 Å². The highest BCUT2D eigenvalue weighted by molar-refractivity contribution is 9.10. The Kier molecular flexibility index (Phi) is 4.59. The number of benzene rings is 2. The van der Waals surface area contributed by atoms with Crippen molar-refractivity contribution in [3.05, 3.63) is 68.5 Å². The fraction of sp³-hybridized carbons (Fsp3) is 0.111. The van der Waals surface area contributed by atoms with Gasteiger partial charge in [0.2, 0.25) is 0 Å². The van der Waals surface area contributed by atoms with Gasteiger partial charge < -0.3 is 5.32 Å². The second-order valence-electron chi connectivity index (χ2n) is 5.18. The van der Waals surface area contributed by atoms with Gasteiger partial charge in [0.05, 0.1) is 10.7 Å². The first-order chi connectivity index (χ1) is 11.0. The summed E-state index contributed by atoms with van der Waals surface area (Å²) in [6.07, 6.45) is 0. The van der Waals surface area contributed by atoms with Gasteiger partial charge in [0.15, 0.2) is 0 Å². The highest BCUT2D eigenvalue weighted by Gasteiger charge is 2.10. The number of carbonyl (C=O) groups excluding carboxylic acids is 1. The fourth-order valence-corrected chi connectivity index (χ4v) is 3.59. The van der Waals surface area contributed by atoms with Crippen LogP contribution in [0.3, 0.4) is 0 Å². The number of hydrogen-bond donors (Lipinski definition) is 1. The lowest BCUT2D eigenvalue weighted by atomic mass is 10.1. The van der Waals surface area contributed by atoms with Gasteiger partial charge in [0.1, 0.15) is 0 Å². The summed E-state index contributed by atoms with van der Waals surface area (Å²) in [5, 5.41) is 3.94. The van der Waals surface area contributed by atoms with Gasteiger partial charge in [0, 0.05) is 26.2 Å². The number of nitrogens with zero attached hydrogens (tertiary/aromatic N) is 1. The Morgan fingerprint density at radius 1 is 1.13 bits per heavy atom. The quantitative estimate of drug-likeness (QED) is 0.650. The van der Waals surface area contributed by atoms with Gasteiger partial charge in [-0.1, -0.05) is 34.1 Å². The van der Waals surface area contributed by atoms with Gasteiger partial charge in [-0.3, -0.25) is 4.79 Å². The molecule has 1 heterocycles. The second-order valence-corrected chi connectivity index (χ2v) is 7.50. The van der Waals surface area contributed by atoms with Crippen LogP contribution in [0.2, 0.25) is 0 Å². The summed E-state index contributed by atoms with van der Waals surface area (Å²) in [5.41, 5.74) is 3.41. The Hall–Kier alpha value is -1.98. The van der Waals surface area contributed by atoms with E-state index in [1.54, 1.807) is 11.3 Å². The van der Waals surface area contributed by atoms with Crippen molar-refractivity contribution in [2.75, 3.05) is 5.32 Å². The third-order valence-corrected chi connectivity index (χ3v) is 4.79. The van der Waals surface area contributed by atoms with Crippen LogP contribution < -0.4 is 5.32 Å². The summed E-state index contributed by atoms with van der Waals surface area (Å²) in [5.74, 6) is -0.124. The van der Waals surface area contributed by atoms with Gasteiger partial charge in [-0.15, -0.1) is 11.3 Å². The molecule has 0 saturated carbocycles. The Balaban J connectivity index is 1.79. The van der Waals surface area contributed by atoms with E-state index in [-0.39, 0.29) is 5.91 Å². The van der Waals surface area contributed by atoms with E-state index in [4.69, 9.17) is 0 Å². The van der Waals surface area contributed by atoms with E-state index < -0.39 is 0 Å². The average molecular weight is 387 g/mol. The van der Waals surface area contributed by atoms with E-state index in [9.17, 15) is 4.79 Å². The molecule has 3 nitrogen and oxygen atoms in total. The first-order valence-electron chi connectivity index (χ1n) is 7.14. The summed E-state index contributed by atoms with van der Waals surface area (Å²) >= 11 is 5.08. The van der Waals surface area contributed by atoms with Crippen LogP contribution in [0.15, 0.2) is 53.0 Å². The van der Waals surface area contributed by atoms with Crippen LogP contribution in [0.5, 0.6) is 0 Å². The molecule has 0 aliphatic rings. The van der Waals surface area contributed by atoms with Crippen molar-refractivity contribution >= 4 is 38.9 Å². The molecule has 0 atom stereocenters. The van der Waals surface area contributed by atoms with E-state index in [0.717, 1.165) is 26.4 Å². The first-order valence-corrected chi connectivity index (χ1v) is 8.75. The number of anilines is 1. The highest BCUT2D eigenvalue weighted by Crippen LogP contribution is 2.27. The van der Waals surface area contributed by atoms with Crippen LogP contribution in [0, 0.1) is 13.8 Å². The molecule has 1 aromatic heterocycles. The maximum Gasteiger partial charge on any atom is 0.255 e. The smallest absolute Gasteiger partial charge is 0.255 e. The van der Waals surface area contributed by atoms with Crippen LogP contribution in [0.1, 0.15) is 20.2 Å². The van der Waals surface area contributed by atoms with Gasteiger partial charge in [-0.05, 0) is 44.2 Å².